The molecule has 1 saturated heterocycles. The fourth-order valence-corrected chi connectivity index (χ4v) is 4.15. The first-order valence-electron chi connectivity index (χ1n) is 11.0. The van der Waals surface area contributed by atoms with E-state index in [4.69, 9.17) is 0 Å². The molecule has 166 valence electrons. The van der Waals surface area contributed by atoms with Gasteiger partial charge in [-0.3, -0.25) is 14.4 Å². The Kier molecular flexibility index (Phi) is 6.08. The first-order chi connectivity index (χ1) is 15.4. The minimum absolute atomic E-state index is 0.0476. The summed E-state index contributed by atoms with van der Waals surface area (Å²) >= 11 is 0. The lowest BCUT2D eigenvalue weighted by Gasteiger charge is -2.29. The lowest BCUT2D eigenvalue weighted by molar-refractivity contribution is -0.138. The van der Waals surface area contributed by atoms with E-state index in [-0.39, 0.29) is 36.4 Å². The van der Waals surface area contributed by atoms with Crippen molar-refractivity contribution in [2.75, 3.05) is 11.4 Å². The summed E-state index contributed by atoms with van der Waals surface area (Å²) in [5.41, 5.74) is 2.40. The quantitative estimate of drug-likeness (QED) is 0.648. The third-order valence-corrected chi connectivity index (χ3v) is 6.02. The zero-order chi connectivity index (χ0) is 22.8. The molecular formula is C25H28N4O3. The molecule has 2 aromatic carbocycles. The number of aromatic amines is 1. The van der Waals surface area contributed by atoms with Crippen molar-refractivity contribution in [3.05, 3.63) is 70.3 Å². The highest BCUT2D eigenvalue weighted by molar-refractivity contribution is 6.00. The number of amides is 2. The highest BCUT2D eigenvalue weighted by Gasteiger charge is 2.38. The van der Waals surface area contributed by atoms with Crippen molar-refractivity contribution in [2.45, 2.75) is 46.2 Å². The maximum atomic E-state index is 13.4. The minimum Gasteiger partial charge on any atom is -0.332 e. The molecule has 4 rings (SSSR count). The minimum atomic E-state index is -0.428. The number of aryl methyl sites for hydroxylation is 1. The second kappa shape index (κ2) is 8.94. The molecule has 2 amide bonds. The summed E-state index contributed by atoms with van der Waals surface area (Å²) in [6, 6.07) is 14.9. The topological polar surface area (TPSA) is 86.4 Å². The van der Waals surface area contributed by atoms with Gasteiger partial charge in [-0.1, -0.05) is 31.2 Å². The maximum Gasteiger partial charge on any atom is 0.258 e. The number of carbonyl (C=O) groups is 2. The molecule has 32 heavy (non-hydrogen) atoms. The van der Waals surface area contributed by atoms with Gasteiger partial charge in [-0.25, -0.2) is 4.98 Å². The van der Waals surface area contributed by atoms with E-state index in [9.17, 15) is 14.4 Å². The van der Waals surface area contributed by atoms with E-state index in [1.54, 1.807) is 28.0 Å². The number of aromatic nitrogens is 2. The van der Waals surface area contributed by atoms with Crippen LogP contribution < -0.4 is 10.5 Å². The van der Waals surface area contributed by atoms with E-state index in [2.05, 4.69) is 16.9 Å². The van der Waals surface area contributed by atoms with E-state index in [1.165, 1.54) is 5.56 Å². The second-order valence-corrected chi connectivity index (χ2v) is 8.52. The van der Waals surface area contributed by atoms with E-state index in [1.807, 2.05) is 44.2 Å². The normalized spacial score (nSPS) is 16.2. The van der Waals surface area contributed by atoms with Crippen LogP contribution in [-0.2, 0) is 22.6 Å². The lowest BCUT2D eigenvalue weighted by Crippen LogP contribution is -2.42. The molecule has 0 aliphatic carbocycles. The Morgan fingerprint density at radius 2 is 1.88 bits per heavy atom. The second-order valence-electron chi connectivity index (χ2n) is 8.52. The summed E-state index contributed by atoms with van der Waals surface area (Å²) < 4.78 is 0. The van der Waals surface area contributed by atoms with Gasteiger partial charge in [0.15, 0.2) is 0 Å². The van der Waals surface area contributed by atoms with Crippen LogP contribution >= 0.6 is 0 Å². The number of carbonyl (C=O) groups excluding carboxylic acids is 2. The van der Waals surface area contributed by atoms with Crippen LogP contribution in [-0.4, -0.2) is 39.3 Å². The molecule has 1 aliphatic rings. The number of nitrogens with one attached hydrogen (secondary N) is 1. The highest BCUT2D eigenvalue weighted by Crippen LogP contribution is 2.27. The molecule has 0 saturated carbocycles. The number of anilines is 1. The summed E-state index contributed by atoms with van der Waals surface area (Å²) in [5, 5.41) is 0.518. The number of hydrogen-bond donors (Lipinski definition) is 1. The van der Waals surface area contributed by atoms with E-state index < -0.39 is 5.92 Å². The fourth-order valence-electron chi connectivity index (χ4n) is 4.15. The van der Waals surface area contributed by atoms with Crippen molar-refractivity contribution in [3.63, 3.8) is 0 Å². The monoisotopic (exact) mass is 432 g/mol. The van der Waals surface area contributed by atoms with E-state index >= 15 is 0 Å². The number of para-hydroxylation sites is 1. The van der Waals surface area contributed by atoms with Crippen molar-refractivity contribution < 1.29 is 9.59 Å². The average molecular weight is 433 g/mol. The number of H-pyrrole nitrogens is 1. The number of benzene rings is 2. The third-order valence-electron chi connectivity index (χ3n) is 6.02. The standard InChI is InChI=1S/C25H28N4O3/c1-4-17-9-11-19(12-10-17)29-14-18(13-23(29)30)25(32)28(16(2)3)15-22-26-21-8-6-5-7-20(21)24(31)27-22/h5-12,16,18H,4,13-15H2,1-3H3,(H,26,27,31). The van der Waals surface area contributed by atoms with Gasteiger partial charge in [0.1, 0.15) is 5.82 Å². The predicted octanol–water partition coefficient (Wildman–Crippen LogP) is 3.28. The van der Waals surface area contributed by atoms with Gasteiger partial charge in [0, 0.05) is 24.7 Å². The van der Waals surface area contributed by atoms with Crippen LogP contribution in [0.25, 0.3) is 10.9 Å². The van der Waals surface area contributed by atoms with Gasteiger partial charge in [0.2, 0.25) is 11.8 Å². The van der Waals surface area contributed by atoms with Crippen molar-refractivity contribution in [1.82, 2.24) is 14.9 Å². The molecule has 1 unspecified atom stereocenters. The van der Waals surface area contributed by atoms with Crippen molar-refractivity contribution in [3.8, 4) is 0 Å². The molecule has 1 atom stereocenters. The molecule has 0 radical (unpaired) electrons. The Balaban J connectivity index is 1.53. The summed E-state index contributed by atoms with van der Waals surface area (Å²) in [6.07, 6.45) is 1.11. The number of rotatable bonds is 6. The third kappa shape index (κ3) is 4.28. The van der Waals surface area contributed by atoms with Gasteiger partial charge in [0.25, 0.3) is 5.56 Å². The van der Waals surface area contributed by atoms with Crippen molar-refractivity contribution in [1.29, 1.82) is 0 Å². The molecule has 7 nitrogen and oxygen atoms in total. The Bertz CT molecular complexity index is 1200. The van der Waals surface area contributed by atoms with E-state index in [0.29, 0.717) is 23.3 Å². The summed E-state index contributed by atoms with van der Waals surface area (Å²) in [4.78, 5) is 49.2. The van der Waals surface area contributed by atoms with Gasteiger partial charge in [-0.2, -0.15) is 0 Å². The molecule has 1 fully saturated rings. The van der Waals surface area contributed by atoms with Gasteiger partial charge in [0.05, 0.1) is 23.4 Å². The lowest BCUT2D eigenvalue weighted by atomic mass is 10.1. The van der Waals surface area contributed by atoms with Crippen molar-refractivity contribution >= 4 is 28.4 Å². The smallest absolute Gasteiger partial charge is 0.258 e. The first kappa shape index (κ1) is 21.7. The van der Waals surface area contributed by atoms with Gasteiger partial charge in [-0.05, 0) is 50.1 Å². The molecule has 1 aliphatic heterocycles. The van der Waals surface area contributed by atoms with Crippen LogP contribution in [0.3, 0.4) is 0 Å². The van der Waals surface area contributed by atoms with E-state index in [0.717, 1.165) is 12.1 Å². The fraction of sp³-hybridized carbons (Fsp3) is 0.360. The zero-order valence-corrected chi connectivity index (χ0v) is 18.7. The van der Waals surface area contributed by atoms with Gasteiger partial charge in [-0.15, -0.1) is 0 Å². The van der Waals surface area contributed by atoms with Crippen LogP contribution in [0.1, 0.15) is 38.6 Å². The highest BCUT2D eigenvalue weighted by atomic mass is 16.2. The molecule has 2 heterocycles. The largest absolute Gasteiger partial charge is 0.332 e. The SMILES string of the molecule is CCc1ccc(N2CC(C(=O)N(Cc3nc4ccccc4c(=O)[nH]3)C(C)C)CC2=O)cc1. The molecule has 0 bridgehead atoms. The molecular weight excluding hydrogens is 404 g/mol. The predicted molar refractivity (Wildman–Crippen MR) is 124 cm³/mol. The van der Waals surface area contributed by atoms with Gasteiger partial charge >= 0.3 is 0 Å². The van der Waals surface area contributed by atoms with Crippen LogP contribution in [0.4, 0.5) is 5.69 Å². The Morgan fingerprint density at radius 3 is 2.56 bits per heavy atom. The van der Waals surface area contributed by atoms with Gasteiger partial charge < -0.3 is 14.8 Å². The molecule has 3 aromatic rings. The average Bonchev–Trinajstić information content (AvgIpc) is 3.18. The molecule has 0 spiro atoms. The summed E-state index contributed by atoms with van der Waals surface area (Å²) in [5.74, 6) is -0.139. The molecule has 7 heteroatoms. The Morgan fingerprint density at radius 1 is 1.16 bits per heavy atom. The number of nitrogens with zero attached hydrogens (tertiary/aromatic N) is 3. The zero-order valence-electron chi connectivity index (χ0n) is 18.7. The van der Waals surface area contributed by atoms with Crippen LogP contribution in [0.2, 0.25) is 0 Å². The summed E-state index contributed by atoms with van der Waals surface area (Å²) in [6.45, 7) is 6.48. The van der Waals surface area contributed by atoms with Crippen LogP contribution in [0.5, 0.6) is 0 Å². The first-order valence-corrected chi connectivity index (χ1v) is 11.0. The maximum absolute atomic E-state index is 13.4. The number of hydrogen-bond acceptors (Lipinski definition) is 4. The number of fused-ring (bicyclic) bond motifs is 1. The molecule has 1 N–H and O–H groups in total. The summed E-state index contributed by atoms with van der Waals surface area (Å²) in [7, 11) is 0. The van der Waals surface area contributed by atoms with Crippen LogP contribution in [0.15, 0.2) is 53.3 Å². The molecule has 1 aromatic heterocycles. The van der Waals surface area contributed by atoms with Crippen LogP contribution in [0, 0.1) is 5.92 Å². The Labute approximate surface area is 187 Å². The Hall–Kier alpha value is -3.48. The van der Waals surface area contributed by atoms with Crippen molar-refractivity contribution in [2.24, 2.45) is 5.92 Å².